The lowest BCUT2D eigenvalue weighted by molar-refractivity contribution is -0.113. The molecule has 0 saturated carbocycles. The van der Waals surface area contributed by atoms with Crippen LogP contribution in [0.4, 0.5) is 5.13 Å². The second-order valence-electron chi connectivity index (χ2n) is 5.25. The van der Waals surface area contributed by atoms with Gasteiger partial charge < -0.3 is 11.2 Å². The number of rotatable bonds is 6. The number of nitrogens with two attached hydrogens (primary N) is 1. The molecule has 0 saturated heterocycles. The Balaban J connectivity index is 1.62. The van der Waals surface area contributed by atoms with Crippen LogP contribution < -0.4 is 11.2 Å². The zero-order chi connectivity index (χ0) is 17.8. The first-order valence-electron chi connectivity index (χ1n) is 7.73. The number of carbonyl (C=O) groups is 1. The fraction of sp³-hybridized carbons (Fsp3) is 0.250. The standard InChI is InChI=1S/C16H18N6OS2/c1-3-12-20-21-16(22(12)17)24-9-13(23)18-15-19-14(10(2)25-15)11-7-5-4-6-8-11/h4-8H,3,9,17H2,1-2H3,(H,18,19,23). The predicted molar refractivity (Wildman–Crippen MR) is 101 cm³/mol. The van der Waals surface area contributed by atoms with Crippen LogP contribution in [0.1, 0.15) is 17.6 Å². The molecule has 25 heavy (non-hydrogen) atoms. The summed E-state index contributed by atoms with van der Waals surface area (Å²) in [4.78, 5) is 17.8. The van der Waals surface area contributed by atoms with E-state index in [4.69, 9.17) is 5.84 Å². The van der Waals surface area contributed by atoms with Crippen molar-refractivity contribution in [3.05, 3.63) is 41.0 Å². The highest BCUT2D eigenvalue weighted by Crippen LogP contribution is 2.30. The van der Waals surface area contributed by atoms with Crippen molar-refractivity contribution in [3.8, 4) is 11.3 Å². The molecule has 0 fully saturated rings. The first-order chi connectivity index (χ1) is 12.1. The van der Waals surface area contributed by atoms with Crippen LogP contribution in [0.3, 0.4) is 0 Å². The van der Waals surface area contributed by atoms with E-state index in [0.717, 1.165) is 16.1 Å². The lowest BCUT2D eigenvalue weighted by atomic mass is 10.1. The van der Waals surface area contributed by atoms with Crippen LogP contribution in [0, 0.1) is 6.92 Å². The third kappa shape index (κ3) is 3.99. The van der Waals surface area contributed by atoms with Gasteiger partial charge in [0.25, 0.3) is 0 Å². The molecule has 2 aromatic heterocycles. The number of aryl methyl sites for hydroxylation is 2. The van der Waals surface area contributed by atoms with Gasteiger partial charge in [-0.1, -0.05) is 49.0 Å². The quantitative estimate of drug-likeness (QED) is 0.508. The average molecular weight is 374 g/mol. The molecular formula is C16H18N6OS2. The van der Waals surface area contributed by atoms with Gasteiger partial charge in [-0.05, 0) is 6.92 Å². The molecule has 0 bridgehead atoms. The third-order valence-electron chi connectivity index (χ3n) is 3.47. The zero-order valence-electron chi connectivity index (χ0n) is 13.9. The number of carbonyl (C=O) groups excluding carboxylic acids is 1. The van der Waals surface area contributed by atoms with Crippen LogP contribution in [0.25, 0.3) is 11.3 Å². The number of anilines is 1. The summed E-state index contributed by atoms with van der Waals surface area (Å²) < 4.78 is 1.42. The predicted octanol–water partition coefficient (Wildman–Crippen LogP) is 2.72. The van der Waals surface area contributed by atoms with Gasteiger partial charge in [0.15, 0.2) is 11.0 Å². The molecule has 0 atom stereocenters. The van der Waals surface area contributed by atoms with Crippen molar-refractivity contribution in [3.63, 3.8) is 0 Å². The number of hydrogen-bond acceptors (Lipinski definition) is 7. The van der Waals surface area contributed by atoms with Gasteiger partial charge in [-0.15, -0.1) is 21.5 Å². The normalized spacial score (nSPS) is 10.8. The maximum Gasteiger partial charge on any atom is 0.236 e. The molecule has 0 aliphatic rings. The number of thiazole rings is 1. The van der Waals surface area contributed by atoms with E-state index in [0.29, 0.717) is 22.5 Å². The van der Waals surface area contributed by atoms with E-state index in [9.17, 15) is 4.79 Å². The first kappa shape index (κ1) is 17.4. The van der Waals surface area contributed by atoms with Crippen molar-refractivity contribution in [2.24, 2.45) is 0 Å². The number of benzene rings is 1. The molecule has 0 unspecified atom stereocenters. The van der Waals surface area contributed by atoms with E-state index < -0.39 is 0 Å². The van der Waals surface area contributed by atoms with E-state index in [2.05, 4.69) is 20.5 Å². The minimum absolute atomic E-state index is 0.153. The van der Waals surface area contributed by atoms with Crippen molar-refractivity contribution < 1.29 is 4.79 Å². The largest absolute Gasteiger partial charge is 0.336 e. The van der Waals surface area contributed by atoms with Gasteiger partial charge in [0.05, 0.1) is 11.4 Å². The molecule has 130 valence electrons. The molecule has 0 aliphatic carbocycles. The van der Waals surface area contributed by atoms with Crippen LogP contribution in [0.2, 0.25) is 0 Å². The highest BCUT2D eigenvalue weighted by molar-refractivity contribution is 7.99. The van der Waals surface area contributed by atoms with Crippen LogP contribution in [-0.2, 0) is 11.2 Å². The second kappa shape index (κ2) is 7.66. The first-order valence-corrected chi connectivity index (χ1v) is 9.53. The summed E-state index contributed by atoms with van der Waals surface area (Å²) in [5.41, 5.74) is 1.93. The van der Waals surface area contributed by atoms with Gasteiger partial charge in [0.2, 0.25) is 11.1 Å². The molecule has 0 radical (unpaired) electrons. The van der Waals surface area contributed by atoms with Crippen molar-refractivity contribution >= 4 is 34.1 Å². The summed E-state index contributed by atoms with van der Waals surface area (Å²) in [5.74, 6) is 6.59. The summed E-state index contributed by atoms with van der Waals surface area (Å²) in [5, 5.41) is 11.9. The van der Waals surface area contributed by atoms with Crippen molar-refractivity contribution in [2.75, 3.05) is 16.9 Å². The fourth-order valence-corrected chi connectivity index (χ4v) is 3.77. The average Bonchev–Trinajstić information content (AvgIpc) is 3.16. The second-order valence-corrected chi connectivity index (χ2v) is 7.39. The Morgan fingerprint density at radius 2 is 2.08 bits per heavy atom. The number of aromatic nitrogens is 4. The number of nitrogen functional groups attached to an aromatic ring is 1. The van der Waals surface area contributed by atoms with Gasteiger partial charge >= 0.3 is 0 Å². The molecule has 0 aliphatic heterocycles. The molecule has 7 nitrogen and oxygen atoms in total. The molecule has 0 spiro atoms. The van der Waals surface area contributed by atoms with Crippen LogP contribution in [0.5, 0.6) is 0 Å². The van der Waals surface area contributed by atoms with Crippen molar-refractivity contribution in [2.45, 2.75) is 25.4 Å². The molecule has 2 heterocycles. The van der Waals surface area contributed by atoms with Gasteiger partial charge in [-0.25, -0.2) is 9.66 Å². The molecule has 3 aromatic rings. The highest BCUT2D eigenvalue weighted by atomic mass is 32.2. The summed E-state index contributed by atoms with van der Waals surface area (Å²) in [6, 6.07) is 9.91. The van der Waals surface area contributed by atoms with E-state index in [1.807, 2.05) is 44.2 Å². The maximum atomic E-state index is 12.2. The van der Waals surface area contributed by atoms with Crippen molar-refractivity contribution in [1.29, 1.82) is 0 Å². The van der Waals surface area contributed by atoms with Crippen LogP contribution in [0.15, 0.2) is 35.5 Å². The Hall–Kier alpha value is -2.39. The molecule has 3 rings (SSSR count). The molecule has 9 heteroatoms. The molecular weight excluding hydrogens is 356 g/mol. The Labute approximate surface area is 153 Å². The number of nitrogens with zero attached hydrogens (tertiary/aromatic N) is 4. The lowest BCUT2D eigenvalue weighted by Gasteiger charge is -2.02. The molecule has 1 amide bonds. The van der Waals surface area contributed by atoms with E-state index in [-0.39, 0.29) is 11.7 Å². The summed E-state index contributed by atoms with van der Waals surface area (Å²) in [6.45, 7) is 3.94. The SMILES string of the molecule is CCc1nnc(SCC(=O)Nc2nc(-c3ccccc3)c(C)s2)n1N. The van der Waals surface area contributed by atoms with Gasteiger partial charge in [-0.2, -0.15) is 0 Å². The minimum Gasteiger partial charge on any atom is -0.336 e. The van der Waals surface area contributed by atoms with Gasteiger partial charge in [0.1, 0.15) is 0 Å². The zero-order valence-corrected chi connectivity index (χ0v) is 15.5. The van der Waals surface area contributed by atoms with E-state index in [1.165, 1.54) is 27.8 Å². The topological polar surface area (TPSA) is 98.7 Å². The van der Waals surface area contributed by atoms with Gasteiger partial charge in [-0.3, -0.25) is 4.79 Å². The van der Waals surface area contributed by atoms with E-state index >= 15 is 0 Å². The Kier molecular flexibility index (Phi) is 5.34. The van der Waals surface area contributed by atoms with E-state index in [1.54, 1.807) is 0 Å². The Morgan fingerprint density at radius 1 is 1.32 bits per heavy atom. The smallest absolute Gasteiger partial charge is 0.236 e. The fourth-order valence-electron chi connectivity index (χ4n) is 2.25. The number of amides is 1. The van der Waals surface area contributed by atoms with Gasteiger partial charge in [0, 0.05) is 16.9 Å². The van der Waals surface area contributed by atoms with Crippen molar-refractivity contribution in [1.82, 2.24) is 19.9 Å². The molecule has 3 N–H and O–H groups in total. The summed E-state index contributed by atoms with van der Waals surface area (Å²) in [6.07, 6.45) is 0.691. The maximum absolute atomic E-state index is 12.2. The third-order valence-corrected chi connectivity index (χ3v) is 5.30. The monoisotopic (exact) mass is 374 g/mol. The van der Waals surface area contributed by atoms with Crippen LogP contribution >= 0.6 is 23.1 Å². The summed E-state index contributed by atoms with van der Waals surface area (Å²) >= 11 is 2.71. The summed E-state index contributed by atoms with van der Waals surface area (Å²) in [7, 11) is 0. The minimum atomic E-state index is -0.153. The number of thioether (sulfide) groups is 1. The lowest BCUT2D eigenvalue weighted by Crippen LogP contribution is -2.17. The Bertz CT molecular complexity index is 874. The Morgan fingerprint density at radius 3 is 2.76 bits per heavy atom. The number of nitrogens with one attached hydrogen (secondary N) is 1. The molecule has 1 aromatic carbocycles. The highest BCUT2D eigenvalue weighted by Gasteiger charge is 2.14. The van der Waals surface area contributed by atoms with Crippen LogP contribution in [-0.4, -0.2) is 31.5 Å². The number of hydrogen-bond donors (Lipinski definition) is 2.